The molecule has 1 aliphatic rings. The summed E-state index contributed by atoms with van der Waals surface area (Å²) in [6.45, 7) is 4.57. The first-order valence-corrected chi connectivity index (χ1v) is 9.85. The van der Waals surface area contributed by atoms with Crippen molar-refractivity contribution in [1.82, 2.24) is 4.90 Å². The van der Waals surface area contributed by atoms with Crippen LogP contribution < -0.4 is 11.1 Å². The second-order valence-electron chi connectivity index (χ2n) is 6.91. The van der Waals surface area contributed by atoms with E-state index in [1.54, 1.807) is 11.8 Å². The smallest absolute Gasteiger partial charge is 0.253 e. The topological polar surface area (TPSA) is 92.5 Å². The predicted octanol–water partition coefficient (Wildman–Crippen LogP) is 3.09. The summed E-state index contributed by atoms with van der Waals surface area (Å²) < 4.78 is 13.0. The Kier molecular flexibility index (Phi) is 5.79. The molecule has 2 heterocycles. The summed E-state index contributed by atoms with van der Waals surface area (Å²) in [6.07, 6.45) is 1.04. The molecule has 1 aromatic heterocycles. The first-order chi connectivity index (χ1) is 13.3. The molecule has 0 unspecified atom stereocenters. The fourth-order valence-electron chi connectivity index (χ4n) is 3.35. The van der Waals surface area contributed by atoms with Gasteiger partial charge in [-0.1, -0.05) is 0 Å². The molecule has 6 nitrogen and oxygen atoms in total. The van der Waals surface area contributed by atoms with Gasteiger partial charge >= 0.3 is 0 Å². The van der Waals surface area contributed by atoms with E-state index in [1.165, 1.54) is 35.6 Å². The fourth-order valence-corrected chi connectivity index (χ4v) is 4.41. The number of thiophene rings is 1. The van der Waals surface area contributed by atoms with Crippen LogP contribution in [0.5, 0.6) is 0 Å². The lowest BCUT2D eigenvalue weighted by molar-refractivity contribution is -0.121. The van der Waals surface area contributed by atoms with E-state index >= 15 is 0 Å². The van der Waals surface area contributed by atoms with Crippen LogP contribution in [-0.2, 0) is 4.79 Å². The third-order valence-electron chi connectivity index (χ3n) is 5.11. The number of carbonyl (C=O) groups excluding carboxylic acids is 3. The number of benzene rings is 1. The van der Waals surface area contributed by atoms with Gasteiger partial charge in [0, 0.05) is 29.4 Å². The molecule has 0 atom stereocenters. The Bertz CT molecular complexity index is 916. The van der Waals surface area contributed by atoms with E-state index in [4.69, 9.17) is 5.73 Å². The quantitative estimate of drug-likeness (QED) is 0.822. The normalized spacial score (nSPS) is 14.8. The van der Waals surface area contributed by atoms with E-state index in [1.807, 2.05) is 6.92 Å². The SMILES string of the molecule is Cc1sc(NC(=O)C2CCN(C(=O)c3ccc(F)cc3)CC2)c(C(N)=O)c1C. The molecule has 0 spiro atoms. The van der Waals surface area contributed by atoms with E-state index in [-0.39, 0.29) is 23.5 Å². The number of nitrogens with one attached hydrogen (secondary N) is 1. The number of halogens is 1. The lowest BCUT2D eigenvalue weighted by Crippen LogP contribution is -2.41. The molecule has 3 N–H and O–H groups in total. The Morgan fingerprint density at radius 3 is 2.32 bits per heavy atom. The average Bonchev–Trinajstić information content (AvgIpc) is 2.95. The molecule has 3 amide bonds. The molecule has 0 radical (unpaired) electrons. The van der Waals surface area contributed by atoms with Crippen molar-refractivity contribution < 1.29 is 18.8 Å². The number of hydrogen-bond donors (Lipinski definition) is 2. The van der Waals surface area contributed by atoms with Crippen LogP contribution in [0.25, 0.3) is 0 Å². The molecule has 1 aliphatic heterocycles. The third-order valence-corrected chi connectivity index (χ3v) is 6.24. The molecule has 1 aromatic carbocycles. The Labute approximate surface area is 166 Å². The summed E-state index contributed by atoms with van der Waals surface area (Å²) in [6, 6.07) is 5.44. The second kappa shape index (κ2) is 8.10. The molecule has 8 heteroatoms. The van der Waals surface area contributed by atoms with Crippen LogP contribution in [0.3, 0.4) is 0 Å². The summed E-state index contributed by atoms with van der Waals surface area (Å²) >= 11 is 1.34. The minimum atomic E-state index is -0.558. The molecule has 0 aliphatic carbocycles. The van der Waals surface area contributed by atoms with Crippen molar-refractivity contribution in [3.63, 3.8) is 0 Å². The summed E-state index contributed by atoms with van der Waals surface area (Å²) in [7, 11) is 0. The average molecular weight is 403 g/mol. The molecular formula is C20H22FN3O3S. The highest BCUT2D eigenvalue weighted by Crippen LogP contribution is 2.33. The van der Waals surface area contributed by atoms with Crippen molar-refractivity contribution in [2.45, 2.75) is 26.7 Å². The number of aryl methyl sites for hydroxylation is 1. The molecule has 2 aromatic rings. The first kappa shape index (κ1) is 20.0. The lowest BCUT2D eigenvalue weighted by Gasteiger charge is -2.31. The summed E-state index contributed by atoms with van der Waals surface area (Å²) in [5.74, 6) is -1.53. The van der Waals surface area contributed by atoms with E-state index in [9.17, 15) is 18.8 Å². The number of rotatable bonds is 4. The summed E-state index contributed by atoms with van der Waals surface area (Å²) in [5, 5.41) is 3.32. The Balaban J connectivity index is 1.61. The van der Waals surface area contributed by atoms with Crippen molar-refractivity contribution in [3.8, 4) is 0 Å². The van der Waals surface area contributed by atoms with E-state index in [2.05, 4.69) is 5.32 Å². The van der Waals surface area contributed by atoms with Crippen molar-refractivity contribution in [1.29, 1.82) is 0 Å². The summed E-state index contributed by atoms with van der Waals surface area (Å²) in [5.41, 5.74) is 7.02. The van der Waals surface area contributed by atoms with Gasteiger partial charge in [-0.15, -0.1) is 11.3 Å². The van der Waals surface area contributed by atoms with Gasteiger partial charge in [0.25, 0.3) is 11.8 Å². The zero-order valence-electron chi connectivity index (χ0n) is 15.8. The van der Waals surface area contributed by atoms with Gasteiger partial charge in [-0.05, 0) is 56.5 Å². The first-order valence-electron chi connectivity index (χ1n) is 9.03. The minimum Gasteiger partial charge on any atom is -0.365 e. The number of nitrogens with zero attached hydrogens (tertiary/aromatic N) is 1. The maximum atomic E-state index is 13.0. The molecular weight excluding hydrogens is 381 g/mol. The number of piperidine rings is 1. The second-order valence-corrected chi connectivity index (χ2v) is 8.14. The molecule has 1 saturated heterocycles. The maximum absolute atomic E-state index is 13.0. The van der Waals surface area contributed by atoms with Gasteiger partial charge in [0.2, 0.25) is 5.91 Å². The number of nitrogens with two attached hydrogens (primary N) is 1. The number of anilines is 1. The Morgan fingerprint density at radius 2 is 1.75 bits per heavy atom. The van der Waals surface area contributed by atoms with E-state index in [0.717, 1.165) is 10.4 Å². The molecule has 0 saturated carbocycles. The molecule has 1 fully saturated rings. The van der Waals surface area contributed by atoms with E-state index < -0.39 is 5.91 Å². The lowest BCUT2D eigenvalue weighted by atomic mass is 9.95. The van der Waals surface area contributed by atoms with Gasteiger partial charge in [0.15, 0.2) is 0 Å². The largest absolute Gasteiger partial charge is 0.365 e. The van der Waals surface area contributed by atoms with Crippen molar-refractivity contribution in [2.24, 2.45) is 11.7 Å². The Morgan fingerprint density at radius 1 is 1.14 bits per heavy atom. The number of hydrogen-bond acceptors (Lipinski definition) is 4. The van der Waals surface area contributed by atoms with Gasteiger partial charge < -0.3 is 16.0 Å². The molecule has 28 heavy (non-hydrogen) atoms. The van der Waals surface area contributed by atoms with Crippen LogP contribution in [0.4, 0.5) is 9.39 Å². The van der Waals surface area contributed by atoms with Crippen LogP contribution in [0.15, 0.2) is 24.3 Å². The van der Waals surface area contributed by atoms with Crippen LogP contribution in [0.2, 0.25) is 0 Å². The minimum absolute atomic E-state index is 0.167. The van der Waals surface area contributed by atoms with Gasteiger partial charge in [0.1, 0.15) is 10.8 Å². The third kappa shape index (κ3) is 4.06. The number of carbonyl (C=O) groups is 3. The van der Waals surface area contributed by atoms with Crippen molar-refractivity contribution in [2.75, 3.05) is 18.4 Å². The number of primary amides is 1. The van der Waals surface area contributed by atoms with E-state index in [0.29, 0.717) is 42.1 Å². The highest BCUT2D eigenvalue weighted by atomic mass is 32.1. The van der Waals surface area contributed by atoms with Crippen LogP contribution in [0, 0.1) is 25.6 Å². The number of amides is 3. The van der Waals surface area contributed by atoms with Crippen molar-refractivity contribution in [3.05, 3.63) is 51.7 Å². The van der Waals surface area contributed by atoms with Gasteiger partial charge in [0.05, 0.1) is 5.56 Å². The standard InChI is InChI=1S/C20H22FN3O3S/c1-11-12(2)28-19(16(11)17(22)25)23-18(26)13-7-9-24(10-8-13)20(27)14-3-5-15(21)6-4-14/h3-6,13H,7-10H2,1-2H3,(H2,22,25)(H,23,26). The fraction of sp³-hybridized carbons (Fsp3) is 0.350. The number of likely N-dealkylation sites (tertiary alicyclic amines) is 1. The molecule has 0 bridgehead atoms. The van der Waals surface area contributed by atoms with Crippen LogP contribution in [-0.4, -0.2) is 35.7 Å². The zero-order valence-corrected chi connectivity index (χ0v) is 16.6. The monoisotopic (exact) mass is 403 g/mol. The zero-order chi connectivity index (χ0) is 20.4. The highest BCUT2D eigenvalue weighted by Gasteiger charge is 2.29. The van der Waals surface area contributed by atoms with Gasteiger partial charge in [-0.25, -0.2) is 4.39 Å². The highest BCUT2D eigenvalue weighted by molar-refractivity contribution is 7.16. The van der Waals surface area contributed by atoms with Gasteiger partial charge in [-0.3, -0.25) is 14.4 Å². The van der Waals surface area contributed by atoms with Gasteiger partial charge in [-0.2, -0.15) is 0 Å². The molecule has 148 valence electrons. The Hall–Kier alpha value is -2.74. The maximum Gasteiger partial charge on any atom is 0.253 e. The van der Waals surface area contributed by atoms with Crippen LogP contribution in [0.1, 0.15) is 44.0 Å². The molecule has 3 rings (SSSR count). The van der Waals surface area contributed by atoms with Crippen molar-refractivity contribution >= 4 is 34.1 Å². The predicted molar refractivity (Wildman–Crippen MR) is 106 cm³/mol. The summed E-state index contributed by atoms with van der Waals surface area (Å²) in [4.78, 5) is 39.4. The van der Waals surface area contributed by atoms with Crippen LogP contribution >= 0.6 is 11.3 Å².